The van der Waals surface area contributed by atoms with Crippen molar-refractivity contribution in [1.29, 1.82) is 0 Å². The van der Waals surface area contributed by atoms with Crippen molar-refractivity contribution in [1.82, 2.24) is 0 Å². The second kappa shape index (κ2) is 6.47. The standard InChI is InChI=1S/C30H40O7/c1-11-14-7-9-27(4,34)20-16(21(14)35-25(11)32)13(3)19-17(20)18-22-28(5)10-8-15-12(2)26(33)36-24(15)30(19,22)29(6,37-28)23(18)31/h11-12,14-15,17-24,31,34H,7-10H2,1-6H3/t11-,12-,14-,15-,17-,18+,19-,20-,21-,22+,23-,24-,27-,28-,29+,30+/m0/s1. The van der Waals surface area contributed by atoms with Gasteiger partial charge in [0.05, 0.1) is 34.6 Å². The lowest BCUT2D eigenvalue weighted by atomic mass is 9.54. The summed E-state index contributed by atoms with van der Waals surface area (Å²) in [6.07, 6.45) is 1.71. The molecule has 202 valence electrons. The van der Waals surface area contributed by atoms with E-state index >= 15 is 0 Å². The molecule has 8 rings (SSSR count). The largest absolute Gasteiger partial charge is 0.461 e. The number of aliphatic hydroxyl groups excluding tert-OH is 1. The van der Waals surface area contributed by atoms with Gasteiger partial charge in [0.25, 0.3) is 0 Å². The minimum absolute atomic E-state index is 0.00116. The Morgan fingerprint density at radius 2 is 1.54 bits per heavy atom. The first-order chi connectivity index (χ1) is 17.3. The van der Waals surface area contributed by atoms with E-state index in [-0.39, 0.29) is 77.4 Å². The molecule has 7 nitrogen and oxygen atoms in total. The van der Waals surface area contributed by atoms with E-state index in [1.54, 1.807) is 0 Å². The summed E-state index contributed by atoms with van der Waals surface area (Å²) in [5, 5.41) is 24.2. The van der Waals surface area contributed by atoms with Crippen molar-refractivity contribution in [3.63, 3.8) is 0 Å². The summed E-state index contributed by atoms with van der Waals surface area (Å²) in [5.41, 5.74) is -0.528. The Balaban J connectivity index is 1.39. The SMILES string of the molecule is CC1=C2[C@H]3OC(=O)[C@@H](C)[C@@H]3CC[C@](C)(O)[C@@H]2[C@H]2[C@@H]3[C@H]4[C@@]5([C@H]6OC(=O)[C@@H](C)[C@@H]6CC[C@]4(C)O[C@]5(C)[C@H]3O)[C@@H]12. The maximum atomic E-state index is 13.1. The van der Waals surface area contributed by atoms with Gasteiger partial charge in [0, 0.05) is 23.7 Å². The van der Waals surface area contributed by atoms with Crippen molar-refractivity contribution < 1.29 is 34.0 Å². The number of esters is 2. The average Bonchev–Trinajstić information content (AvgIpc) is 3.53. The van der Waals surface area contributed by atoms with Crippen LogP contribution in [0.25, 0.3) is 0 Å². The van der Waals surface area contributed by atoms with Crippen LogP contribution in [0.1, 0.15) is 67.2 Å². The molecule has 37 heavy (non-hydrogen) atoms. The third-order valence-electron chi connectivity index (χ3n) is 13.5. The number of fused-ring (bicyclic) bond motifs is 7. The van der Waals surface area contributed by atoms with Gasteiger partial charge in [-0.1, -0.05) is 19.4 Å². The molecule has 16 atom stereocenters. The molecule has 0 radical (unpaired) electrons. The van der Waals surface area contributed by atoms with Crippen LogP contribution in [0.2, 0.25) is 0 Å². The number of aliphatic hydroxyl groups is 2. The lowest BCUT2D eigenvalue weighted by Gasteiger charge is -2.55. The fraction of sp³-hybridized carbons (Fsp3) is 0.867. The molecule has 3 heterocycles. The first-order valence-corrected chi connectivity index (χ1v) is 14.5. The van der Waals surface area contributed by atoms with Crippen molar-refractivity contribution in [2.24, 2.45) is 58.7 Å². The zero-order valence-electron chi connectivity index (χ0n) is 22.7. The smallest absolute Gasteiger partial charge is 0.309 e. The van der Waals surface area contributed by atoms with E-state index in [4.69, 9.17) is 14.2 Å². The van der Waals surface area contributed by atoms with Crippen LogP contribution < -0.4 is 0 Å². The van der Waals surface area contributed by atoms with E-state index in [1.807, 2.05) is 20.8 Å². The number of ether oxygens (including phenoxy) is 3. The number of allylic oxidation sites excluding steroid dienone is 1. The molecule has 3 aliphatic heterocycles. The Labute approximate surface area is 218 Å². The van der Waals surface area contributed by atoms with Crippen molar-refractivity contribution in [3.8, 4) is 0 Å². The topological polar surface area (TPSA) is 102 Å². The van der Waals surface area contributed by atoms with Crippen LogP contribution in [0.15, 0.2) is 11.1 Å². The van der Waals surface area contributed by atoms with Crippen molar-refractivity contribution in [3.05, 3.63) is 11.1 Å². The van der Waals surface area contributed by atoms with Gasteiger partial charge in [0.15, 0.2) is 0 Å². The normalized spacial score (nSPS) is 64.5. The number of hydrogen-bond acceptors (Lipinski definition) is 7. The zero-order chi connectivity index (χ0) is 26.2. The summed E-state index contributed by atoms with van der Waals surface area (Å²) in [6.45, 7) is 12.4. The molecule has 0 aromatic rings. The molecular formula is C30H40O7. The fourth-order valence-electron chi connectivity index (χ4n) is 12.3. The lowest BCUT2D eigenvalue weighted by molar-refractivity contribution is -0.254. The van der Waals surface area contributed by atoms with E-state index in [0.29, 0.717) is 6.42 Å². The van der Waals surface area contributed by atoms with Gasteiger partial charge < -0.3 is 24.4 Å². The van der Waals surface area contributed by atoms with E-state index in [2.05, 4.69) is 20.8 Å². The summed E-state index contributed by atoms with van der Waals surface area (Å²) in [4.78, 5) is 25.8. The maximum Gasteiger partial charge on any atom is 0.309 e. The minimum Gasteiger partial charge on any atom is -0.461 e. The van der Waals surface area contributed by atoms with Gasteiger partial charge in [-0.3, -0.25) is 9.59 Å². The maximum absolute atomic E-state index is 13.1. The molecule has 4 saturated carbocycles. The molecule has 2 N–H and O–H groups in total. The predicted molar refractivity (Wildman–Crippen MR) is 131 cm³/mol. The van der Waals surface area contributed by atoms with Crippen LogP contribution in [-0.4, -0.2) is 57.3 Å². The average molecular weight is 513 g/mol. The Bertz CT molecular complexity index is 1170. The third-order valence-corrected chi connectivity index (χ3v) is 13.5. The van der Waals surface area contributed by atoms with Gasteiger partial charge in [-0.2, -0.15) is 0 Å². The first-order valence-electron chi connectivity index (χ1n) is 14.5. The Morgan fingerprint density at radius 1 is 0.892 bits per heavy atom. The molecule has 0 amide bonds. The number of hydrogen-bond donors (Lipinski definition) is 2. The molecule has 3 saturated heterocycles. The lowest BCUT2D eigenvalue weighted by Crippen LogP contribution is -2.64. The minimum atomic E-state index is -0.974. The van der Waals surface area contributed by atoms with Crippen LogP contribution in [-0.2, 0) is 23.8 Å². The Kier molecular flexibility index (Phi) is 4.10. The second-order valence-corrected chi connectivity index (χ2v) is 14.7. The van der Waals surface area contributed by atoms with Gasteiger partial charge in [-0.25, -0.2) is 0 Å². The highest BCUT2D eigenvalue weighted by molar-refractivity contribution is 5.76. The summed E-state index contributed by atoms with van der Waals surface area (Å²) in [7, 11) is 0. The van der Waals surface area contributed by atoms with Crippen LogP contribution >= 0.6 is 0 Å². The van der Waals surface area contributed by atoms with Crippen LogP contribution in [0, 0.1) is 58.7 Å². The number of carbonyl (C=O) groups excluding carboxylic acids is 2. The monoisotopic (exact) mass is 512 g/mol. The fourth-order valence-corrected chi connectivity index (χ4v) is 12.3. The molecule has 7 fully saturated rings. The van der Waals surface area contributed by atoms with Gasteiger partial charge in [0.2, 0.25) is 0 Å². The van der Waals surface area contributed by atoms with E-state index in [9.17, 15) is 19.8 Å². The molecule has 0 aromatic heterocycles. The molecule has 5 aliphatic carbocycles. The van der Waals surface area contributed by atoms with Gasteiger partial charge in [-0.05, 0) is 76.7 Å². The Hall–Kier alpha value is -1.44. The van der Waals surface area contributed by atoms with Gasteiger partial charge >= 0.3 is 11.9 Å². The van der Waals surface area contributed by atoms with Gasteiger partial charge in [-0.15, -0.1) is 0 Å². The van der Waals surface area contributed by atoms with Crippen molar-refractivity contribution >= 4 is 11.9 Å². The molecule has 0 aromatic carbocycles. The van der Waals surface area contributed by atoms with Crippen molar-refractivity contribution in [2.75, 3.05) is 0 Å². The zero-order valence-corrected chi connectivity index (χ0v) is 22.7. The molecule has 8 aliphatic rings. The van der Waals surface area contributed by atoms with E-state index in [0.717, 1.165) is 24.8 Å². The quantitative estimate of drug-likeness (QED) is 0.380. The van der Waals surface area contributed by atoms with E-state index in [1.165, 1.54) is 5.57 Å². The second-order valence-electron chi connectivity index (χ2n) is 14.7. The molecular weight excluding hydrogens is 472 g/mol. The van der Waals surface area contributed by atoms with Crippen LogP contribution in [0.5, 0.6) is 0 Å². The summed E-state index contributed by atoms with van der Waals surface area (Å²) < 4.78 is 19.4. The first kappa shape index (κ1) is 23.4. The highest BCUT2D eigenvalue weighted by atomic mass is 16.6. The summed E-state index contributed by atoms with van der Waals surface area (Å²) in [6, 6.07) is 0. The highest BCUT2D eigenvalue weighted by Crippen LogP contribution is 2.85. The van der Waals surface area contributed by atoms with E-state index < -0.39 is 28.3 Å². The van der Waals surface area contributed by atoms with Crippen molar-refractivity contribution in [2.45, 2.75) is 102 Å². The number of rotatable bonds is 0. The van der Waals surface area contributed by atoms with Crippen LogP contribution in [0.3, 0.4) is 0 Å². The summed E-state index contributed by atoms with van der Waals surface area (Å²) in [5.74, 6) is -0.748. The molecule has 7 heteroatoms. The molecule has 0 spiro atoms. The highest BCUT2D eigenvalue weighted by Gasteiger charge is 2.91. The summed E-state index contributed by atoms with van der Waals surface area (Å²) >= 11 is 0. The molecule has 5 bridgehead atoms. The third kappa shape index (κ3) is 2.18. The Morgan fingerprint density at radius 3 is 2.27 bits per heavy atom. The number of carbonyl (C=O) groups is 2. The predicted octanol–water partition coefficient (Wildman–Crippen LogP) is 3.01. The van der Waals surface area contributed by atoms with Gasteiger partial charge in [0.1, 0.15) is 17.8 Å². The molecule has 0 unspecified atom stereocenters. The van der Waals surface area contributed by atoms with Crippen LogP contribution in [0.4, 0.5) is 0 Å².